The van der Waals surface area contributed by atoms with E-state index in [2.05, 4.69) is 15.9 Å². The van der Waals surface area contributed by atoms with Crippen molar-refractivity contribution in [1.82, 2.24) is 0 Å². The van der Waals surface area contributed by atoms with Gasteiger partial charge < -0.3 is 4.74 Å². The number of carbonyl (C=O) groups is 1. The summed E-state index contributed by atoms with van der Waals surface area (Å²) in [5, 5.41) is 8.99. The Labute approximate surface area is 126 Å². The average Bonchev–Trinajstić information content (AvgIpc) is 2.30. The van der Waals surface area contributed by atoms with E-state index in [1.54, 1.807) is 13.0 Å². The van der Waals surface area contributed by atoms with Crippen molar-refractivity contribution >= 4 is 33.7 Å². The van der Waals surface area contributed by atoms with E-state index in [4.69, 9.17) is 10.00 Å². The highest BCUT2D eigenvalue weighted by Gasteiger charge is 2.30. The van der Waals surface area contributed by atoms with Crippen LogP contribution in [0.25, 0.3) is 0 Å². The Balaban J connectivity index is 3.09. The van der Waals surface area contributed by atoms with Crippen LogP contribution in [0.3, 0.4) is 0 Å². The van der Waals surface area contributed by atoms with E-state index in [1.165, 1.54) is 6.07 Å². The van der Waals surface area contributed by atoms with Crippen molar-refractivity contribution in [1.29, 1.82) is 5.26 Å². The van der Waals surface area contributed by atoms with E-state index in [9.17, 15) is 18.0 Å². The van der Waals surface area contributed by atoms with Crippen molar-refractivity contribution in [3.05, 3.63) is 27.7 Å². The second kappa shape index (κ2) is 6.99. The van der Waals surface area contributed by atoms with Crippen LogP contribution in [0.4, 0.5) is 13.2 Å². The predicted octanol–water partition coefficient (Wildman–Crippen LogP) is 4.04. The first kappa shape index (κ1) is 16.9. The summed E-state index contributed by atoms with van der Waals surface area (Å²) in [6, 6.07) is 4.13. The standard InChI is InChI=1S/C12H9BrF3NO2S/c1-2-19-11(18)5-9-7(6-17)3-8(4-10(9)13)20-12(14,15)16/h3-4H,2,5H2,1H3. The Morgan fingerprint density at radius 3 is 2.65 bits per heavy atom. The molecule has 3 nitrogen and oxygen atoms in total. The lowest BCUT2D eigenvalue weighted by molar-refractivity contribution is -0.142. The third-order valence-electron chi connectivity index (χ3n) is 2.15. The zero-order valence-corrected chi connectivity index (χ0v) is 12.7. The maximum absolute atomic E-state index is 12.3. The van der Waals surface area contributed by atoms with E-state index >= 15 is 0 Å². The lowest BCUT2D eigenvalue weighted by atomic mass is 10.1. The molecule has 0 saturated heterocycles. The van der Waals surface area contributed by atoms with Crippen molar-refractivity contribution in [2.24, 2.45) is 0 Å². The zero-order valence-electron chi connectivity index (χ0n) is 10.3. The highest BCUT2D eigenvalue weighted by Crippen LogP contribution is 2.39. The highest BCUT2D eigenvalue weighted by molar-refractivity contribution is 9.10. The third kappa shape index (κ3) is 5.06. The largest absolute Gasteiger partial charge is 0.466 e. The van der Waals surface area contributed by atoms with Gasteiger partial charge >= 0.3 is 11.5 Å². The zero-order chi connectivity index (χ0) is 15.3. The van der Waals surface area contributed by atoms with Gasteiger partial charge in [0.05, 0.1) is 24.7 Å². The van der Waals surface area contributed by atoms with Crippen LogP contribution in [0, 0.1) is 11.3 Å². The van der Waals surface area contributed by atoms with Crippen LogP contribution < -0.4 is 0 Å². The minimum Gasteiger partial charge on any atom is -0.466 e. The van der Waals surface area contributed by atoms with Crippen molar-refractivity contribution in [3.8, 4) is 6.07 Å². The Morgan fingerprint density at radius 1 is 1.50 bits per heavy atom. The molecule has 108 valence electrons. The Kier molecular flexibility index (Phi) is 5.89. The summed E-state index contributed by atoms with van der Waals surface area (Å²) in [6.45, 7) is 1.83. The number of nitriles is 1. The van der Waals surface area contributed by atoms with Crippen LogP contribution in [0.1, 0.15) is 18.1 Å². The Bertz CT molecular complexity index is 555. The minimum absolute atomic E-state index is 0.0131. The van der Waals surface area contributed by atoms with Gasteiger partial charge in [0.1, 0.15) is 0 Å². The highest BCUT2D eigenvalue weighted by atomic mass is 79.9. The maximum Gasteiger partial charge on any atom is 0.446 e. The molecule has 0 radical (unpaired) electrons. The van der Waals surface area contributed by atoms with Gasteiger partial charge in [-0.05, 0) is 36.4 Å². The molecule has 0 aliphatic heterocycles. The Hall–Kier alpha value is -1.20. The fourth-order valence-corrected chi connectivity index (χ4v) is 2.81. The van der Waals surface area contributed by atoms with Gasteiger partial charge in [0.25, 0.3) is 0 Å². The molecule has 20 heavy (non-hydrogen) atoms. The number of thioether (sulfide) groups is 1. The molecule has 1 aromatic carbocycles. The fourth-order valence-electron chi connectivity index (χ4n) is 1.44. The van der Waals surface area contributed by atoms with E-state index in [0.717, 1.165) is 6.07 Å². The van der Waals surface area contributed by atoms with Crippen molar-refractivity contribution in [2.45, 2.75) is 23.7 Å². The van der Waals surface area contributed by atoms with Gasteiger partial charge in [-0.3, -0.25) is 4.79 Å². The Morgan fingerprint density at radius 2 is 2.15 bits per heavy atom. The quantitative estimate of drug-likeness (QED) is 0.595. The molecular formula is C12H9BrF3NO2S. The number of rotatable bonds is 4. The first-order valence-electron chi connectivity index (χ1n) is 5.40. The second-order valence-corrected chi connectivity index (χ2v) is 5.57. The maximum atomic E-state index is 12.3. The van der Waals surface area contributed by atoms with Crippen LogP contribution >= 0.6 is 27.7 Å². The minimum atomic E-state index is -4.44. The summed E-state index contributed by atoms with van der Waals surface area (Å²) >= 11 is 2.77. The van der Waals surface area contributed by atoms with E-state index in [-0.39, 0.29) is 39.7 Å². The lowest BCUT2D eigenvalue weighted by Crippen LogP contribution is -2.09. The molecule has 1 rings (SSSR count). The summed E-state index contributed by atoms with van der Waals surface area (Å²) in [6.07, 6.45) is -0.172. The molecular weight excluding hydrogens is 359 g/mol. The molecule has 0 amide bonds. The number of benzene rings is 1. The third-order valence-corrected chi connectivity index (χ3v) is 3.56. The normalized spacial score (nSPS) is 11.0. The van der Waals surface area contributed by atoms with Gasteiger partial charge in [-0.15, -0.1) is 0 Å². The molecule has 0 fully saturated rings. The molecule has 0 aromatic heterocycles. The van der Waals surface area contributed by atoms with Crippen LogP contribution in [0.5, 0.6) is 0 Å². The fraction of sp³-hybridized carbons (Fsp3) is 0.333. The molecule has 0 heterocycles. The molecule has 8 heteroatoms. The van der Waals surface area contributed by atoms with Crippen LogP contribution in [0.15, 0.2) is 21.5 Å². The average molecular weight is 368 g/mol. The summed E-state index contributed by atoms with van der Waals surface area (Å²) < 4.78 is 42.0. The molecule has 0 bridgehead atoms. The summed E-state index contributed by atoms with van der Waals surface area (Å²) in [5.74, 6) is -0.541. The summed E-state index contributed by atoms with van der Waals surface area (Å²) in [7, 11) is 0. The van der Waals surface area contributed by atoms with E-state index in [1.807, 2.05) is 0 Å². The molecule has 0 spiro atoms. The first-order valence-corrected chi connectivity index (χ1v) is 7.01. The molecule has 0 N–H and O–H groups in total. The molecule has 1 aromatic rings. The SMILES string of the molecule is CCOC(=O)Cc1c(Br)cc(SC(F)(F)F)cc1C#N. The van der Waals surface area contributed by atoms with E-state index in [0.29, 0.717) is 5.56 Å². The number of hydrogen-bond donors (Lipinski definition) is 0. The number of ether oxygens (including phenoxy) is 1. The summed E-state index contributed by atoms with van der Waals surface area (Å²) in [4.78, 5) is 11.3. The van der Waals surface area contributed by atoms with Crippen LogP contribution in [-0.2, 0) is 16.0 Å². The molecule has 0 aliphatic carbocycles. The second-order valence-electron chi connectivity index (χ2n) is 3.57. The van der Waals surface area contributed by atoms with Gasteiger partial charge in [0.2, 0.25) is 0 Å². The van der Waals surface area contributed by atoms with Gasteiger partial charge in [-0.25, -0.2) is 0 Å². The predicted molar refractivity (Wildman–Crippen MR) is 71.1 cm³/mol. The molecule has 0 atom stereocenters. The monoisotopic (exact) mass is 367 g/mol. The topological polar surface area (TPSA) is 50.1 Å². The smallest absolute Gasteiger partial charge is 0.446 e. The van der Waals surface area contributed by atoms with Crippen molar-refractivity contribution in [3.63, 3.8) is 0 Å². The van der Waals surface area contributed by atoms with Gasteiger partial charge in [-0.1, -0.05) is 15.9 Å². The first-order chi connectivity index (χ1) is 9.26. The van der Waals surface area contributed by atoms with Gasteiger partial charge in [0.15, 0.2) is 0 Å². The molecule has 0 aliphatic rings. The van der Waals surface area contributed by atoms with Crippen molar-refractivity contribution < 1.29 is 22.7 Å². The van der Waals surface area contributed by atoms with Crippen molar-refractivity contribution in [2.75, 3.05) is 6.61 Å². The van der Waals surface area contributed by atoms with Gasteiger partial charge in [0, 0.05) is 9.37 Å². The summed E-state index contributed by atoms with van der Waals surface area (Å²) in [5.41, 5.74) is -4.11. The lowest BCUT2D eigenvalue weighted by Gasteiger charge is -2.11. The number of carbonyl (C=O) groups excluding carboxylic acids is 1. The number of halogens is 4. The van der Waals surface area contributed by atoms with E-state index < -0.39 is 11.5 Å². The number of hydrogen-bond acceptors (Lipinski definition) is 4. The van der Waals surface area contributed by atoms with Crippen LogP contribution in [-0.4, -0.2) is 18.1 Å². The number of esters is 1. The van der Waals surface area contributed by atoms with Crippen LogP contribution in [0.2, 0.25) is 0 Å². The molecule has 0 unspecified atom stereocenters. The van der Waals surface area contributed by atoms with Gasteiger partial charge in [-0.2, -0.15) is 18.4 Å². The molecule has 0 saturated carbocycles. The number of alkyl halides is 3. The number of nitrogens with zero attached hydrogens (tertiary/aromatic N) is 1.